The molecule has 0 spiro atoms. The first kappa shape index (κ1) is 11.8. The van der Waals surface area contributed by atoms with Gasteiger partial charge < -0.3 is 5.32 Å². The van der Waals surface area contributed by atoms with Crippen LogP contribution in [-0.2, 0) is 13.0 Å². The molecule has 90 valence electrons. The summed E-state index contributed by atoms with van der Waals surface area (Å²) in [4.78, 5) is 8.97. The number of nitrogens with one attached hydrogen (secondary N) is 1. The van der Waals surface area contributed by atoms with Gasteiger partial charge in [-0.2, -0.15) is 0 Å². The second-order valence-corrected chi connectivity index (χ2v) is 3.98. The molecule has 0 amide bonds. The van der Waals surface area contributed by atoms with Crippen LogP contribution in [0.3, 0.4) is 0 Å². The summed E-state index contributed by atoms with van der Waals surface area (Å²) in [6, 6.07) is 6.07. The molecule has 0 aliphatic carbocycles. The van der Waals surface area contributed by atoms with Crippen LogP contribution in [0.5, 0.6) is 0 Å². The molecule has 2 aromatic rings. The van der Waals surface area contributed by atoms with E-state index in [2.05, 4.69) is 26.8 Å². The Bertz CT molecular complexity index is 476. The smallest absolute Gasteiger partial charge is 0.138 e. The van der Waals surface area contributed by atoms with Crippen LogP contribution < -0.4 is 5.32 Å². The highest BCUT2D eigenvalue weighted by atomic mass is 15.1. The fourth-order valence-corrected chi connectivity index (χ4v) is 1.83. The van der Waals surface area contributed by atoms with Gasteiger partial charge in [0.05, 0.1) is 5.69 Å². The summed E-state index contributed by atoms with van der Waals surface area (Å²) < 4.78 is 2.06. The lowest BCUT2D eigenvalue weighted by Crippen LogP contribution is -2.09. The summed E-state index contributed by atoms with van der Waals surface area (Å²) in [5.74, 6) is 2.01. The minimum Gasteiger partial charge on any atom is -0.314 e. The topological polar surface area (TPSA) is 42.7 Å². The Morgan fingerprint density at radius 2 is 2.24 bits per heavy atom. The van der Waals surface area contributed by atoms with E-state index >= 15 is 0 Å². The van der Waals surface area contributed by atoms with Crippen molar-refractivity contribution in [2.75, 3.05) is 7.05 Å². The Kier molecular flexibility index (Phi) is 3.88. The predicted molar refractivity (Wildman–Crippen MR) is 68.1 cm³/mol. The zero-order valence-electron chi connectivity index (χ0n) is 10.3. The molecule has 4 heteroatoms. The first-order valence-electron chi connectivity index (χ1n) is 5.98. The van der Waals surface area contributed by atoms with E-state index in [1.54, 1.807) is 0 Å². The SMILES string of the molecule is CCCc1nccn1-c1cccc(CNC)n1. The van der Waals surface area contributed by atoms with Crippen molar-refractivity contribution in [3.63, 3.8) is 0 Å². The molecular formula is C13H18N4. The van der Waals surface area contributed by atoms with Crippen LogP contribution in [0.15, 0.2) is 30.6 Å². The lowest BCUT2D eigenvalue weighted by molar-refractivity contribution is 0.766. The third-order valence-corrected chi connectivity index (χ3v) is 2.59. The number of nitrogens with zero attached hydrogens (tertiary/aromatic N) is 3. The van der Waals surface area contributed by atoms with Gasteiger partial charge in [-0.25, -0.2) is 9.97 Å². The van der Waals surface area contributed by atoms with Gasteiger partial charge in [-0.3, -0.25) is 4.57 Å². The first-order valence-corrected chi connectivity index (χ1v) is 5.98. The van der Waals surface area contributed by atoms with Crippen LogP contribution in [0.2, 0.25) is 0 Å². The number of pyridine rings is 1. The van der Waals surface area contributed by atoms with Crippen LogP contribution in [0, 0.1) is 0 Å². The highest BCUT2D eigenvalue weighted by molar-refractivity contribution is 5.26. The van der Waals surface area contributed by atoms with Gasteiger partial charge in [-0.15, -0.1) is 0 Å². The van der Waals surface area contributed by atoms with Crippen LogP contribution in [0.25, 0.3) is 5.82 Å². The largest absolute Gasteiger partial charge is 0.314 e. The maximum Gasteiger partial charge on any atom is 0.138 e. The number of aryl methyl sites for hydroxylation is 1. The Balaban J connectivity index is 2.31. The molecule has 2 aromatic heterocycles. The minimum atomic E-state index is 0.783. The number of aromatic nitrogens is 3. The third-order valence-electron chi connectivity index (χ3n) is 2.59. The van der Waals surface area contributed by atoms with E-state index in [1.807, 2.05) is 37.6 Å². The average Bonchev–Trinajstić information content (AvgIpc) is 2.79. The maximum absolute atomic E-state index is 4.61. The molecule has 0 unspecified atom stereocenters. The highest BCUT2D eigenvalue weighted by Gasteiger charge is 2.05. The Labute approximate surface area is 102 Å². The zero-order chi connectivity index (χ0) is 12.1. The fourth-order valence-electron chi connectivity index (χ4n) is 1.83. The summed E-state index contributed by atoms with van der Waals surface area (Å²) >= 11 is 0. The van der Waals surface area contributed by atoms with Crippen molar-refractivity contribution in [1.29, 1.82) is 0 Å². The van der Waals surface area contributed by atoms with Crippen molar-refractivity contribution >= 4 is 0 Å². The van der Waals surface area contributed by atoms with Crippen molar-refractivity contribution in [2.24, 2.45) is 0 Å². The summed E-state index contributed by atoms with van der Waals surface area (Å²) in [7, 11) is 1.92. The third kappa shape index (κ3) is 2.71. The summed E-state index contributed by atoms with van der Waals surface area (Å²) in [5, 5.41) is 3.11. The monoisotopic (exact) mass is 230 g/mol. The van der Waals surface area contributed by atoms with Crippen LogP contribution in [0.1, 0.15) is 24.9 Å². The van der Waals surface area contributed by atoms with Crippen LogP contribution in [-0.4, -0.2) is 21.6 Å². The van der Waals surface area contributed by atoms with E-state index in [0.717, 1.165) is 36.7 Å². The lowest BCUT2D eigenvalue weighted by Gasteiger charge is -2.08. The summed E-state index contributed by atoms with van der Waals surface area (Å²) in [6.45, 7) is 2.94. The minimum absolute atomic E-state index is 0.783. The predicted octanol–water partition coefficient (Wildman–Crippen LogP) is 1.94. The molecule has 2 rings (SSSR count). The number of hydrogen-bond donors (Lipinski definition) is 1. The Morgan fingerprint density at radius 3 is 3.00 bits per heavy atom. The van der Waals surface area contributed by atoms with Crippen molar-refractivity contribution < 1.29 is 0 Å². The summed E-state index contributed by atoms with van der Waals surface area (Å²) in [6.07, 6.45) is 5.87. The molecule has 0 bridgehead atoms. The van der Waals surface area contributed by atoms with Crippen molar-refractivity contribution in [3.8, 4) is 5.82 Å². The normalized spacial score (nSPS) is 10.7. The number of imidazole rings is 1. The Morgan fingerprint density at radius 1 is 1.35 bits per heavy atom. The van der Waals surface area contributed by atoms with Gasteiger partial charge in [0.25, 0.3) is 0 Å². The number of rotatable bonds is 5. The van der Waals surface area contributed by atoms with E-state index < -0.39 is 0 Å². The number of hydrogen-bond acceptors (Lipinski definition) is 3. The van der Waals surface area contributed by atoms with Crippen LogP contribution in [0.4, 0.5) is 0 Å². The quantitative estimate of drug-likeness (QED) is 0.853. The van der Waals surface area contributed by atoms with E-state index in [-0.39, 0.29) is 0 Å². The van der Waals surface area contributed by atoms with Gasteiger partial charge in [-0.05, 0) is 25.6 Å². The highest BCUT2D eigenvalue weighted by Crippen LogP contribution is 2.10. The van der Waals surface area contributed by atoms with Gasteiger partial charge in [0.15, 0.2) is 0 Å². The molecule has 4 nitrogen and oxygen atoms in total. The van der Waals surface area contributed by atoms with Crippen molar-refractivity contribution in [2.45, 2.75) is 26.3 Å². The van der Waals surface area contributed by atoms with Gasteiger partial charge >= 0.3 is 0 Å². The van der Waals surface area contributed by atoms with Gasteiger partial charge in [0, 0.05) is 25.4 Å². The van der Waals surface area contributed by atoms with Gasteiger partial charge in [-0.1, -0.05) is 13.0 Å². The molecule has 0 saturated carbocycles. The standard InChI is InChI=1S/C13H18N4/c1-3-5-12-15-8-9-17(12)13-7-4-6-11(16-13)10-14-2/h4,6-9,14H,3,5,10H2,1-2H3. The molecule has 0 atom stereocenters. The van der Waals surface area contributed by atoms with E-state index in [9.17, 15) is 0 Å². The average molecular weight is 230 g/mol. The lowest BCUT2D eigenvalue weighted by atomic mass is 10.3. The molecule has 0 aliphatic rings. The van der Waals surface area contributed by atoms with E-state index in [1.165, 1.54) is 0 Å². The molecular weight excluding hydrogens is 212 g/mol. The van der Waals surface area contributed by atoms with Crippen molar-refractivity contribution in [1.82, 2.24) is 19.9 Å². The van der Waals surface area contributed by atoms with E-state index in [4.69, 9.17) is 0 Å². The summed E-state index contributed by atoms with van der Waals surface area (Å²) in [5.41, 5.74) is 1.04. The first-order chi connectivity index (χ1) is 8.35. The van der Waals surface area contributed by atoms with Gasteiger partial charge in [0.1, 0.15) is 11.6 Å². The molecule has 0 aliphatic heterocycles. The second-order valence-electron chi connectivity index (χ2n) is 3.98. The van der Waals surface area contributed by atoms with Crippen LogP contribution >= 0.6 is 0 Å². The molecule has 0 aromatic carbocycles. The van der Waals surface area contributed by atoms with Crippen molar-refractivity contribution in [3.05, 3.63) is 42.1 Å². The Hall–Kier alpha value is -1.68. The molecule has 0 fully saturated rings. The molecule has 2 heterocycles. The maximum atomic E-state index is 4.61. The second kappa shape index (κ2) is 5.59. The zero-order valence-corrected chi connectivity index (χ0v) is 10.3. The van der Waals surface area contributed by atoms with Gasteiger partial charge in [0.2, 0.25) is 0 Å². The fraction of sp³-hybridized carbons (Fsp3) is 0.385. The van der Waals surface area contributed by atoms with E-state index in [0.29, 0.717) is 0 Å². The molecule has 0 saturated heterocycles. The molecule has 17 heavy (non-hydrogen) atoms. The molecule has 0 radical (unpaired) electrons. The molecule has 1 N–H and O–H groups in total.